The van der Waals surface area contributed by atoms with Gasteiger partial charge in [0.05, 0.1) is 31.0 Å². The first-order chi connectivity index (χ1) is 14.6. The van der Waals surface area contributed by atoms with Crippen molar-refractivity contribution >= 4 is 55.0 Å². The molecule has 0 amide bonds. The highest BCUT2D eigenvalue weighted by atomic mass is 35.5. The largest absolute Gasteiger partial charge is 0.495 e. The van der Waals surface area contributed by atoms with Crippen molar-refractivity contribution in [3.05, 3.63) is 58.9 Å². The molecule has 0 saturated heterocycles. The SMILES string of the molecule is COC(=O)CCc1nc(NCc2ccc(OC)c(Cl)c2)c2c(n1)sc1ccccc12. The van der Waals surface area contributed by atoms with Gasteiger partial charge in [0.1, 0.15) is 22.2 Å². The second-order valence-corrected chi connectivity index (χ2v) is 8.10. The van der Waals surface area contributed by atoms with Gasteiger partial charge in [-0.1, -0.05) is 35.9 Å². The number of rotatable bonds is 7. The molecule has 154 valence electrons. The van der Waals surface area contributed by atoms with E-state index in [1.54, 1.807) is 18.4 Å². The number of fused-ring (bicyclic) bond motifs is 3. The van der Waals surface area contributed by atoms with E-state index >= 15 is 0 Å². The number of carbonyl (C=O) groups excluding carboxylic acids is 1. The van der Waals surface area contributed by atoms with Crippen molar-refractivity contribution < 1.29 is 14.3 Å². The number of hydrogen-bond donors (Lipinski definition) is 1. The Morgan fingerprint density at radius 3 is 2.77 bits per heavy atom. The fourth-order valence-corrected chi connectivity index (χ4v) is 4.60. The third-order valence-corrected chi connectivity index (χ3v) is 6.10. The second-order valence-electron chi connectivity index (χ2n) is 6.67. The van der Waals surface area contributed by atoms with E-state index < -0.39 is 0 Å². The molecule has 0 spiro atoms. The number of nitrogens with zero attached hydrogens (tertiary/aromatic N) is 2. The summed E-state index contributed by atoms with van der Waals surface area (Å²) in [5.74, 6) is 1.70. The maximum atomic E-state index is 11.6. The van der Waals surface area contributed by atoms with E-state index in [0.717, 1.165) is 31.7 Å². The number of halogens is 1. The van der Waals surface area contributed by atoms with Crippen LogP contribution in [0.4, 0.5) is 5.82 Å². The summed E-state index contributed by atoms with van der Waals surface area (Å²) in [6, 6.07) is 13.8. The summed E-state index contributed by atoms with van der Waals surface area (Å²) in [5.41, 5.74) is 1.00. The van der Waals surface area contributed by atoms with Gasteiger partial charge in [0.2, 0.25) is 0 Å². The first-order valence-electron chi connectivity index (χ1n) is 9.40. The number of carbonyl (C=O) groups is 1. The Bertz CT molecular complexity index is 1230. The molecule has 0 unspecified atom stereocenters. The van der Waals surface area contributed by atoms with Gasteiger partial charge in [-0.15, -0.1) is 11.3 Å². The zero-order valence-corrected chi connectivity index (χ0v) is 18.1. The van der Waals surface area contributed by atoms with Crippen molar-refractivity contribution in [2.45, 2.75) is 19.4 Å². The molecule has 0 bridgehead atoms. The number of ether oxygens (including phenoxy) is 2. The van der Waals surface area contributed by atoms with Gasteiger partial charge in [-0.2, -0.15) is 0 Å². The van der Waals surface area contributed by atoms with Crippen LogP contribution in [0.15, 0.2) is 42.5 Å². The van der Waals surface area contributed by atoms with Gasteiger partial charge in [-0.25, -0.2) is 9.97 Å². The van der Waals surface area contributed by atoms with E-state index in [0.29, 0.717) is 29.6 Å². The smallest absolute Gasteiger partial charge is 0.305 e. The van der Waals surface area contributed by atoms with Crippen molar-refractivity contribution in [1.82, 2.24) is 9.97 Å². The Hall–Kier alpha value is -2.90. The number of esters is 1. The summed E-state index contributed by atoms with van der Waals surface area (Å²) in [7, 11) is 2.97. The predicted octanol–water partition coefficient (Wildman–Crippen LogP) is 5.22. The monoisotopic (exact) mass is 441 g/mol. The number of aryl methyl sites for hydroxylation is 1. The summed E-state index contributed by atoms with van der Waals surface area (Å²) in [4.78, 5) is 21.9. The molecule has 2 aromatic heterocycles. The number of hydrogen-bond acceptors (Lipinski definition) is 7. The van der Waals surface area contributed by atoms with Crippen LogP contribution in [0.1, 0.15) is 17.8 Å². The Morgan fingerprint density at radius 1 is 1.17 bits per heavy atom. The molecular formula is C22H20ClN3O3S. The lowest BCUT2D eigenvalue weighted by atomic mass is 10.2. The highest BCUT2D eigenvalue weighted by Crippen LogP contribution is 2.36. The lowest BCUT2D eigenvalue weighted by molar-refractivity contribution is -0.140. The highest BCUT2D eigenvalue weighted by Gasteiger charge is 2.15. The van der Waals surface area contributed by atoms with E-state index in [1.165, 1.54) is 7.11 Å². The molecule has 2 aromatic carbocycles. The average molecular weight is 442 g/mol. The van der Waals surface area contributed by atoms with Crippen LogP contribution < -0.4 is 10.1 Å². The zero-order valence-electron chi connectivity index (χ0n) is 16.6. The van der Waals surface area contributed by atoms with E-state index in [4.69, 9.17) is 31.0 Å². The fourth-order valence-electron chi connectivity index (χ4n) is 3.23. The number of anilines is 1. The standard InChI is InChI=1S/C22H20ClN3O3S/c1-28-16-8-7-13(11-15(16)23)12-24-21-20-14-5-3-4-6-17(14)30-22(20)26-18(25-21)9-10-19(27)29-2/h3-8,11H,9-10,12H2,1-2H3,(H,24,25,26). The fraction of sp³-hybridized carbons (Fsp3) is 0.227. The van der Waals surface area contributed by atoms with Gasteiger partial charge in [-0.3, -0.25) is 4.79 Å². The summed E-state index contributed by atoms with van der Waals surface area (Å²) >= 11 is 7.87. The van der Waals surface area contributed by atoms with Crippen LogP contribution in [0.25, 0.3) is 20.3 Å². The summed E-state index contributed by atoms with van der Waals surface area (Å²) in [6.45, 7) is 0.538. The second kappa shape index (κ2) is 8.85. The van der Waals surface area contributed by atoms with Crippen LogP contribution in [0.2, 0.25) is 5.02 Å². The topological polar surface area (TPSA) is 73.3 Å². The Morgan fingerprint density at radius 2 is 2.00 bits per heavy atom. The van der Waals surface area contributed by atoms with E-state index in [9.17, 15) is 4.79 Å². The van der Waals surface area contributed by atoms with Crippen molar-refractivity contribution in [3.8, 4) is 5.75 Å². The molecule has 4 aromatic rings. The predicted molar refractivity (Wildman–Crippen MR) is 121 cm³/mol. The molecule has 8 heteroatoms. The minimum Gasteiger partial charge on any atom is -0.495 e. The van der Waals surface area contributed by atoms with Crippen LogP contribution >= 0.6 is 22.9 Å². The van der Waals surface area contributed by atoms with Gasteiger partial charge in [-0.05, 0) is 23.8 Å². The molecule has 0 saturated carbocycles. The third-order valence-electron chi connectivity index (χ3n) is 4.74. The van der Waals surface area contributed by atoms with Crippen molar-refractivity contribution in [1.29, 1.82) is 0 Å². The quantitative estimate of drug-likeness (QED) is 0.396. The highest BCUT2D eigenvalue weighted by molar-refractivity contribution is 7.25. The van der Waals surface area contributed by atoms with Crippen LogP contribution in [-0.4, -0.2) is 30.2 Å². The average Bonchev–Trinajstić information content (AvgIpc) is 3.14. The summed E-state index contributed by atoms with van der Waals surface area (Å²) in [6.07, 6.45) is 0.653. The molecule has 1 N–H and O–H groups in total. The van der Waals surface area contributed by atoms with Crippen LogP contribution in [-0.2, 0) is 22.5 Å². The van der Waals surface area contributed by atoms with Crippen LogP contribution in [0.5, 0.6) is 5.75 Å². The molecule has 0 radical (unpaired) electrons. The molecule has 0 aliphatic heterocycles. The van der Waals surface area contributed by atoms with Gasteiger partial charge >= 0.3 is 5.97 Å². The maximum absolute atomic E-state index is 11.6. The number of aromatic nitrogens is 2. The summed E-state index contributed by atoms with van der Waals surface area (Å²) in [5, 5.41) is 6.08. The lowest BCUT2D eigenvalue weighted by Crippen LogP contribution is -2.08. The maximum Gasteiger partial charge on any atom is 0.305 e. The van der Waals surface area contributed by atoms with Gasteiger partial charge in [0.25, 0.3) is 0 Å². The first kappa shape index (κ1) is 20.4. The molecular weight excluding hydrogens is 422 g/mol. The number of thiophene rings is 1. The minimum absolute atomic E-state index is 0.237. The molecule has 0 atom stereocenters. The number of nitrogens with one attached hydrogen (secondary N) is 1. The molecule has 6 nitrogen and oxygen atoms in total. The van der Waals surface area contributed by atoms with E-state index in [1.807, 2.05) is 30.3 Å². The van der Waals surface area contributed by atoms with Gasteiger partial charge < -0.3 is 14.8 Å². The zero-order chi connectivity index (χ0) is 21.1. The minimum atomic E-state index is -0.280. The third kappa shape index (κ3) is 4.17. The molecule has 0 aliphatic rings. The summed E-state index contributed by atoms with van der Waals surface area (Å²) < 4.78 is 11.1. The van der Waals surface area contributed by atoms with Crippen molar-refractivity contribution in [2.75, 3.05) is 19.5 Å². The number of methoxy groups -OCH3 is 2. The molecule has 0 fully saturated rings. The van der Waals surface area contributed by atoms with Gasteiger partial charge in [0.15, 0.2) is 0 Å². The Balaban J connectivity index is 1.70. The number of benzene rings is 2. The van der Waals surface area contributed by atoms with Crippen LogP contribution in [0, 0.1) is 0 Å². The van der Waals surface area contributed by atoms with E-state index in [2.05, 4.69) is 17.4 Å². The van der Waals surface area contributed by atoms with Crippen LogP contribution in [0.3, 0.4) is 0 Å². The molecule has 4 rings (SSSR count). The Kier molecular flexibility index (Phi) is 6.01. The van der Waals surface area contributed by atoms with Crippen molar-refractivity contribution in [2.24, 2.45) is 0 Å². The Labute approximate surface area is 182 Å². The lowest BCUT2D eigenvalue weighted by Gasteiger charge is -2.11. The van der Waals surface area contributed by atoms with Gasteiger partial charge in [0, 0.05) is 23.1 Å². The molecule has 2 heterocycles. The van der Waals surface area contributed by atoms with E-state index in [-0.39, 0.29) is 12.4 Å². The molecule has 30 heavy (non-hydrogen) atoms. The molecule has 0 aliphatic carbocycles. The first-order valence-corrected chi connectivity index (χ1v) is 10.6. The normalized spacial score (nSPS) is 11.0. The van der Waals surface area contributed by atoms with Crippen molar-refractivity contribution in [3.63, 3.8) is 0 Å².